The first-order valence-electron chi connectivity index (χ1n) is 10.8. The van der Waals surface area contributed by atoms with Crippen LogP contribution in [-0.4, -0.2) is 66.8 Å². The summed E-state index contributed by atoms with van der Waals surface area (Å²) in [6.07, 6.45) is -0.983. The zero-order chi connectivity index (χ0) is 24.6. The van der Waals surface area contributed by atoms with Crippen molar-refractivity contribution in [3.05, 3.63) is 48.5 Å². The van der Waals surface area contributed by atoms with Gasteiger partial charge in [0.1, 0.15) is 24.6 Å². The Hall–Kier alpha value is -2.97. The van der Waals surface area contributed by atoms with Gasteiger partial charge in [-0.15, -0.1) is 0 Å². The molecule has 0 radical (unpaired) electrons. The molecule has 5 atom stereocenters. The summed E-state index contributed by atoms with van der Waals surface area (Å²) < 4.78 is 35.9. The van der Waals surface area contributed by atoms with E-state index in [4.69, 9.17) is 28.5 Å². The van der Waals surface area contributed by atoms with Crippen LogP contribution in [0.5, 0.6) is 0 Å². The smallest absolute Gasteiger partial charge is 0.347 e. The Labute approximate surface area is 198 Å². The first-order valence-corrected chi connectivity index (χ1v) is 12.3. The van der Waals surface area contributed by atoms with E-state index in [1.165, 1.54) is 12.7 Å². The Morgan fingerprint density at radius 1 is 1.14 bits per heavy atom. The van der Waals surface area contributed by atoms with Gasteiger partial charge in [-0.05, 0) is 6.92 Å². The van der Waals surface area contributed by atoms with E-state index in [2.05, 4.69) is 25.6 Å². The predicted molar refractivity (Wildman–Crippen MR) is 119 cm³/mol. The van der Waals surface area contributed by atoms with Gasteiger partial charge in [0.05, 0.1) is 12.9 Å². The van der Waals surface area contributed by atoms with Gasteiger partial charge in [-0.2, -0.15) is 0 Å². The van der Waals surface area contributed by atoms with E-state index in [1.54, 1.807) is 11.5 Å². The number of aromatic nitrogens is 4. The summed E-state index contributed by atoms with van der Waals surface area (Å²) in [6.45, 7) is 1.81. The summed E-state index contributed by atoms with van der Waals surface area (Å²) in [7, 11) is -4.74. The standard InChI is InChI=1S/C20H23N6O8P/c1-2-21-20(27)25-16-13-17(23-9-22-16)26(10-24-13)18-15-14(12(32-18)8-31-35(28,29)30)33-19(34-15)11-6-4-3-5-7-11/h3-7,9-10,12,14-15,18-19H,2,8H2,1H3,(H2,28,29,30)(H2,21,22,23,25,27)/t12-,14?,15?,18?,19?/m1/s1. The van der Waals surface area contributed by atoms with E-state index < -0.39 is 51.3 Å². The molecule has 0 saturated carbocycles. The van der Waals surface area contributed by atoms with Crippen molar-refractivity contribution in [2.24, 2.45) is 0 Å². The predicted octanol–water partition coefficient (Wildman–Crippen LogP) is 1.46. The molecule has 2 amide bonds. The van der Waals surface area contributed by atoms with Gasteiger partial charge in [0.25, 0.3) is 0 Å². The quantitative estimate of drug-likeness (QED) is 0.341. The molecule has 5 rings (SSSR count). The summed E-state index contributed by atoms with van der Waals surface area (Å²) in [5, 5.41) is 5.25. The number of benzene rings is 1. The number of hydrogen-bond acceptors (Lipinski definition) is 9. The second-order valence-corrected chi connectivity index (χ2v) is 9.07. The maximum Gasteiger partial charge on any atom is 0.469 e. The third-order valence-electron chi connectivity index (χ3n) is 5.53. The highest BCUT2D eigenvalue weighted by Gasteiger charge is 2.54. The number of imidazole rings is 1. The zero-order valence-corrected chi connectivity index (χ0v) is 19.3. The monoisotopic (exact) mass is 506 g/mol. The third-order valence-corrected chi connectivity index (χ3v) is 6.01. The summed E-state index contributed by atoms with van der Waals surface area (Å²) in [6, 6.07) is 8.83. The lowest BCUT2D eigenvalue weighted by Crippen LogP contribution is -2.31. The van der Waals surface area contributed by atoms with Crippen molar-refractivity contribution in [3.63, 3.8) is 0 Å². The van der Waals surface area contributed by atoms with E-state index in [-0.39, 0.29) is 5.82 Å². The first kappa shape index (κ1) is 23.8. The van der Waals surface area contributed by atoms with Crippen LogP contribution in [0.1, 0.15) is 25.0 Å². The van der Waals surface area contributed by atoms with Crippen molar-refractivity contribution in [2.75, 3.05) is 18.5 Å². The molecular weight excluding hydrogens is 483 g/mol. The second kappa shape index (κ2) is 9.59. The number of amides is 2. The van der Waals surface area contributed by atoms with Gasteiger partial charge < -0.3 is 29.3 Å². The number of nitrogens with zero attached hydrogens (tertiary/aromatic N) is 4. The molecule has 2 aliphatic heterocycles. The number of rotatable bonds is 7. The lowest BCUT2D eigenvalue weighted by Gasteiger charge is -2.21. The lowest BCUT2D eigenvalue weighted by molar-refractivity contribution is -0.152. The average molecular weight is 506 g/mol. The lowest BCUT2D eigenvalue weighted by atomic mass is 10.1. The number of fused-ring (bicyclic) bond motifs is 2. The minimum atomic E-state index is -4.74. The largest absolute Gasteiger partial charge is 0.469 e. The van der Waals surface area contributed by atoms with E-state index in [0.717, 1.165) is 5.56 Å². The zero-order valence-electron chi connectivity index (χ0n) is 18.4. The molecule has 4 heterocycles. The van der Waals surface area contributed by atoms with Crippen LogP contribution >= 0.6 is 7.82 Å². The number of urea groups is 1. The van der Waals surface area contributed by atoms with Gasteiger partial charge in [0.2, 0.25) is 0 Å². The molecule has 2 aromatic heterocycles. The Kier molecular flexibility index (Phi) is 6.51. The molecule has 1 aromatic carbocycles. The molecule has 2 fully saturated rings. The van der Waals surface area contributed by atoms with Crippen molar-refractivity contribution in [3.8, 4) is 0 Å². The minimum absolute atomic E-state index is 0.210. The van der Waals surface area contributed by atoms with Crippen LogP contribution in [0, 0.1) is 0 Å². The van der Waals surface area contributed by atoms with Crippen molar-refractivity contribution in [1.29, 1.82) is 0 Å². The van der Waals surface area contributed by atoms with Crippen molar-refractivity contribution in [1.82, 2.24) is 24.8 Å². The van der Waals surface area contributed by atoms with Crippen LogP contribution in [0.15, 0.2) is 43.0 Å². The molecular formula is C20H23N6O8P. The average Bonchev–Trinajstić information content (AvgIpc) is 3.52. The molecule has 35 heavy (non-hydrogen) atoms. The highest BCUT2D eigenvalue weighted by Crippen LogP contribution is 2.46. The van der Waals surface area contributed by atoms with E-state index in [9.17, 15) is 9.36 Å². The van der Waals surface area contributed by atoms with Gasteiger partial charge in [-0.1, -0.05) is 30.3 Å². The number of phosphoric ester groups is 1. The van der Waals surface area contributed by atoms with Crippen LogP contribution < -0.4 is 10.6 Å². The van der Waals surface area contributed by atoms with Gasteiger partial charge >= 0.3 is 13.9 Å². The number of ether oxygens (including phenoxy) is 3. The minimum Gasteiger partial charge on any atom is -0.347 e. The van der Waals surface area contributed by atoms with Crippen LogP contribution in [-0.2, 0) is 23.3 Å². The normalized spacial score (nSPS) is 26.1. The Morgan fingerprint density at radius 2 is 1.91 bits per heavy atom. The maximum absolute atomic E-state index is 12.0. The maximum atomic E-state index is 12.0. The van der Waals surface area contributed by atoms with Gasteiger partial charge in [-0.3, -0.25) is 14.4 Å². The number of phosphoric acid groups is 1. The van der Waals surface area contributed by atoms with Gasteiger partial charge in [0, 0.05) is 12.1 Å². The van der Waals surface area contributed by atoms with Crippen molar-refractivity contribution >= 4 is 30.8 Å². The van der Waals surface area contributed by atoms with E-state index in [1.807, 2.05) is 30.3 Å². The van der Waals surface area contributed by atoms with Crippen molar-refractivity contribution < 1.29 is 37.9 Å². The fraction of sp³-hybridized carbons (Fsp3) is 0.400. The molecule has 0 bridgehead atoms. The van der Waals surface area contributed by atoms with Crippen LogP contribution in [0.4, 0.5) is 10.6 Å². The fourth-order valence-corrected chi connectivity index (χ4v) is 4.41. The Balaban J connectivity index is 1.45. The molecule has 3 aromatic rings. The molecule has 14 nitrogen and oxygen atoms in total. The third kappa shape index (κ3) is 4.90. The van der Waals surface area contributed by atoms with Gasteiger partial charge in [0.15, 0.2) is 29.5 Å². The number of nitrogens with one attached hydrogen (secondary N) is 2. The van der Waals surface area contributed by atoms with E-state index >= 15 is 0 Å². The summed E-state index contributed by atoms with van der Waals surface area (Å²) in [5.41, 5.74) is 1.47. The number of carbonyl (C=O) groups is 1. The molecule has 4 N–H and O–H groups in total. The first-order chi connectivity index (χ1) is 16.8. The van der Waals surface area contributed by atoms with E-state index in [0.29, 0.717) is 17.7 Å². The van der Waals surface area contributed by atoms with Crippen molar-refractivity contribution in [2.45, 2.75) is 37.8 Å². The molecule has 4 unspecified atom stereocenters. The topological polar surface area (TPSA) is 179 Å². The number of hydrogen-bond donors (Lipinski definition) is 4. The molecule has 0 spiro atoms. The summed E-state index contributed by atoms with van der Waals surface area (Å²) in [5.74, 6) is 0.210. The summed E-state index contributed by atoms with van der Waals surface area (Å²) >= 11 is 0. The highest BCUT2D eigenvalue weighted by molar-refractivity contribution is 7.46. The Morgan fingerprint density at radius 3 is 2.66 bits per heavy atom. The summed E-state index contributed by atoms with van der Waals surface area (Å²) in [4.78, 5) is 43.0. The number of anilines is 1. The SMILES string of the molecule is CCNC(=O)Nc1ncnc2c1ncn2C1O[C@H](COP(=O)(O)O)C2OC(c3ccccc3)OC21. The molecule has 2 saturated heterocycles. The Bertz CT molecular complexity index is 1250. The van der Waals surface area contributed by atoms with Crippen LogP contribution in [0.25, 0.3) is 11.2 Å². The van der Waals surface area contributed by atoms with Crippen LogP contribution in [0.2, 0.25) is 0 Å². The molecule has 0 aliphatic carbocycles. The molecule has 2 aliphatic rings. The molecule has 186 valence electrons. The second-order valence-electron chi connectivity index (χ2n) is 7.83. The van der Waals surface area contributed by atoms with Gasteiger partial charge in [-0.25, -0.2) is 24.3 Å². The number of carbonyl (C=O) groups excluding carboxylic acids is 1. The molecule has 15 heteroatoms. The van der Waals surface area contributed by atoms with Crippen LogP contribution in [0.3, 0.4) is 0 Å². The highest BCUT2D eigenvalue weighted by atomic mass is 31.2. The fourth-order valence-electron chi connectivity index (χ4n) is 4.07.